The van der Waals surface area contributed by atoms with E-state index in [0.717, 1.165) is 0 Å². The molecule has 1 atom stereocenters. The number of hydrogen-bond donors (Lipinski definition) is 2. The molecule has 0 fully saturated rings. The van der Waals surface area contributed by atoms with Gasteiger partial charge in [0.25, 0.3) is 0 Å². The van der Waals surface area contributed by atoms with E-state index in [9.17, 15) is 9.18 Å². The van der Waals surface area contributed by atoms with Crippen LogP contribution in [0.1, 0.15) is 20.3 Å². The summed E-state index contributed by atoms with van der Waals surface area (Å²) in [5.74, 6) is -0.686. The highest BCUT2D eigenvalue weighted by molar-refractivity contribution is 5.95. The number of para-hydroxylation sites is 1. The molecule has 0 saturated carbocycles. The van der Waals surface area contributed by atoms with Crippen molar-refractivity contribution >= 4 is 11.6 Å². The molecule has 0 spiro atoms. The Kier molecular flexibility index (Phi) is 4.01. The van der Waals surface area contributed by atoms with E-state index in [1.165, 1.54) is 12.1 Å². The van der Waals surface area contributed by atoms with Crippen LogP contribution in [0, 0.1) is 11.2 Å². The third-order valence-electron chi connectivity index (χ3n) is 2.90. The first kappa shape index (κ1) is 12.6. The van der Waals surface area contributed by atoms with Crippen molar-refractivity contribution < 1.29 is 9.18 Å². The highest BCUT2D eigenvalue weighted by Crippen LogP contribution is 2.22. The average molecular weight is 224 g/mol. The Morgan fingerprint density at radius 2 is 2.12 bits per heavy atom. The number of benzene rings is 1. The third kappa shape index (κ3) is 2.58. The van der Waals surface area contributed by atoms with E-state index in [2.05, 4.69) is 5.32 Å². The van der Waals surface area contributed by atoms with Gasteiger partial charge in [-0.05, 0) is 25.5 Å². The summed E-state index contributed by atoms with van der Waals surface area (Å²) in [6.07, 6.45) is 0.615. The first-order valence-corrected chi connectivity index (χ1v) is 5.29. The molecule has 1 amide bonds. The zero-order chi connectivity index (χ0) is 12.2. The van der Waals surface area contributed by atoms with Crippen LogP contribution in [-0.2, 0) is 4.79 Å². The van der Waals surface area contributed by atoms with Gasteiger partial charge in [0, 0.05) is 6.54 Å². The van der Waals surface area contributed by atoms with E-state index in [-0.39, 0.29) is 18.1 Å². The maximum absolute atomic E-state index is 13.3. The lowest BCUT2D eigenvalue weighted by atomic mass is 9.86. The largest absolute Gasteiger partial charge is 0.329 e. The Labute approximate surface area is 94.8 Å². The highest BCUT2D eigenvalue weighted by atomic mass is 19.1. The summed E-state index contributed by atoms with van der Waals surface area (Å²) in [5, 5.41) is 2.56. The second kappa shape index (κ2) is 5.07. The molecule has 1 unspecified atom stereocenters. The number of halogens is 1. The average Bonchev–Trinajstić information content (AvgIpc) is 2.31. The molecular weight excluding hydrogens is 207 g/mol. The van der Waals surface area contributed by atoms with E-state index in [1.54, 1.807) is 19.1 Å². The molecule has 0 aliphatic heterocycles. The van der Waals surface area contributed by atoms with Gasteiger partial charge >= 0.3 is 0 Å². The topological polar surface area (TPSA) is 55.1 Å². The van der Waals surface area contributed by atoms with Crippen molar-refractivity contribution in [1.82, 2.24) is 0 Å². The van der Waals surface area contributed by atoms with Gasteiger partial charge in [0.15, 0.2) is 0 Å². The number of nitrogens with two attached hydrogens (primary N) is 1. The van der Waals surface area contributed by atoms with Crippen molar-refractivity contribution in [2.45, 2.75) is 20.3 Å². The fourth-order valence-corrected chi connectivity index (χ4v) is 1.23. The highest BCUT2D eigenvalue weighted by Gasteiger charge is 2.29. The number of amides is 1. The second-order valence-corrected chi connectivity index (χ2v) is 4.05. The van der Waals surface area contributed by atoms with Crippen LogP contribution in [0.2, 0.25) is 0 Å². The summed E-state index contributed by atoms with van der Waals surface area (Å²) in [4.78, 5) is 11.9. The van der Waals surface area contributed by atoms with E-state index < -0.39 is 11.2 Å². The monoisotopic (exact) mass is 224 g/mol. The van der Waals surface area contributed by atoms with Gasteiger partial charge in [0.05, 0.1) is 11.1 Å². The molecule has 88 valence electrons. The maximum atomic E-state index is 13.3. The lowest BCUT2D eigenvalue weighted by Crippen LogP contribution is -2.39. The van der Waals surface area contributed by atoms with Crippen LogP contribution in [0.4, 0.5) is 10.1 Å². The summed E-state index contributed by atoms with van der Waals surface area (Å²) in [6, 6.07) is 6.08. The number of carbonyl (C=O) groups is 1. The van der Waals surface area contributed by atoms with E-state index in [4.69, 9.17) is 5.73 Å². The molecule has 0 saturated heterocycles. The van der Waals surface area contributed by atoms with Gasteiger partial charge in [0.2, 0.25) is 5.91 Å². The molecule has 1 aromatic carbocycles. The zero-order valence-electron chi connectivity index (χ0n) is 9.59. The van der Waals surface area contributed by atoms with E-state index >= 15 is 0 Å². The molecule has 0 aliphatic carbocycles. The quantitative estimate of drug-likeness (QED) is 0.823. The SMILES string of the molecule is CCC(C)(CN)C(=O)Nc1ccccc1F. The van der Waals surface area contributed by atoms with E-state index in [1.807, 2.05) is 6.92 Å². The lowest BCUT2D eigenvalue weighted by Gasteiger charge is -2.24. The Balaban J connectivity index is 2.83. The van der Waals surface area contributed by atoms with Crippen molar-refractivity contribution in [3.8, 4) is 0 Å². The predicted molar refractivity (Wildman–Crippen MR) is 62.5 cm³/mol. The molecule has 0 radical (unpaired) electrons. The van der Waals surface area contributed by atoms with E-state index in [0.29, 0.717) is 6.42 Å². The smallest absolute Gasteiger partial charge is 0.231 e. The standard InChI is InChI=1S/C12H17FN2O/c1-3-12(2,8-14)11(16)15-10-7-5-4-6-9(10)13/h4-7H,3,8,14H2,1-2H3,(H,15,16). The first-order valence-electron chi connectivity index (χ1n) is 5.29. The Bertz CT molecular complexity index is 375. The summed E-state index contributed by atoms with van der Waals surface area (Å²) >= 11 is 0. The fourth-order valence-electron chi connectivity index (χ4n) is 1.23. The minimum Gasteiger partial charge on any atom is -0.329 e. The minimum absolute atomic E-state index is 0.195. The first-order chi connectivity index (χ1) is 7.53. The van der Waals surface area contributed by atoms with Crippen LogP contribution in [-0.4, -0.2) is 12.5 Å². The zero-order valence-corrected chi connectivity index (χ0v) is 9.59. The maximum Gasteiger partial charge on any atom is 0.231 e. The van der Waals surface area contributed by atoms with Crippen LogP contribution >= 0.6 is 0 Å². The van der Waals surface area contributed by atoms with Crippen LogP contribution in [0.25, 0.3) is 0 Å². The molecule has 4 heteroatoms. The van der Waals surface area contributed by atoms with Gasteiger partial charge in [-0.15, -0.1) is 0 Å². The van der Waals surface area contributed by atoms with Gasteiger partial charge < -0.3 is 11.1 Å². The minimum atomic E-state index is -0.651. The van der Waals surface area contributed by atoms with Crippen molar-refractivity contribution in [1.29, 1.82) is 0 Å². The molecule has 0 bridgehead atoms. The number of carbonyl (C=O) groups excluding carboxylic acids is 1. The molecule has 16 heavy (non-hydrogen) atoms. The van der Waals surface area contributed by atoms with Crippen molar-refractivity contribution in [3.63, 3.8) is 0 Å². The van der Waals surface area contributed by atoms with Gasteiger partial charge in [0.1, 0.15) is 5.82 Å². The van der Waals surface area contributed by atoms with Crippen LogP contribution < -0.4 is 11.1 Å². The number of nitrogens with one attached hydrogen (secondary N) is 1. The predicted octanol–water partition coefficient (Wildman–Crippen LogP) is 2.14. The molecule has 0 aliphatic rings. The van der Waals surface area contributed by atoms with Crippen LogP contribution in [0.15, 0.2) is 24.3 Å². The van der Waals surface area contributed by atoms with Crippen molar-refractivity contribution in [2.24, 2.45) is 11.1 Å². The molecule has 3 N–H and O–H groups in total. The number of hydrogen-bond acceptors (Lipinski definition) is 2. The summed E-state index contributed by atoms with van der Waals surface area (Å²) < 4.78 is 13.3. The molecule has 0 heterocycles. The van der Waals surface area contributed by atoms with Crippen molar-refractivity contribution in [3.05, 3.63) is 30.1 Å². The van der Waals surface area contributed by atoms with Gasteiger partial charge in [-0.25, -0.2) is 4.39 Å². The third-order valence-corrected chi connectivity index (χ3v) is 2.90. The van der Waals surface area contributed by atoms with Gasteiger partial charge in [-0.2, -0.15) is 0 Å². The second-order valence-electron chi connectivity index (χ2n) is 4.05. The Morgan fingerprint density at radius 3 is 2.62 bits per heavy atom. The summed E-state index contributed by atoms with van der Waals surface area (Å²) in [5.41, 5.74) is 5.10. The normalized spacial score (nSPS) is 14.2. The Morgan fingerprint density at radius 1 is 1.50 bits per heavy atom. The van der Waals surface area contributed by atoms with Crippen LogP contribution in [0.5, 0.6) is 0 Å². The van der Waals surface area contributed by atoms with Gasteiger partial charge in [-0.3, -0.25) is 4.79 Å². The molecule has 3 nitrogen and oxygen atoms in total. The molecule has 1 aromatic rings. The van der Waals surface area contributed by atoms with Crippen molar-refractivity contribution in [2.75, 3.05) is 11.9 Å². The number of anilines is 1. The molecule has 0 aromatic heterocycles. The Hall–Kier alpha value is -1.42. The summed E-state index contributed by atoms with van der Waals surface area (Å²) in [7, 11) is 0. The lowest BCUT2D eigenvalue weighted by molar-refractivity contribution is -0.124. The fraction of sp³-hybridized carbons (Fsp3) is 0.417. The molecular formula is C12H17FN2O. The molecule has 1 rings (SSSR count). The van der Waals surface area contributed by atoms with Gasteiger partial charge in [-0.1, -0.05) is 19.1 Å². The number of rotatable bonds is 4. The summed E-state index contributed by atoms with van der Waals surface area (Å²) in [6.45, 7) is 3.89. The van der Waals surface area contributed by atoms with Crippen LogP contribution in [0.3, 0.4) is 0 Å².